The van der Waals surface area contributed by atoms with Crippen molar-refractivity contribution in [2.75, 3.05) is 45.9 Å². The molecule has 2 aliphatic rings. The lowest BCUT2D eigenvalue weighted by Crippen LogP contribution is -2.48. The van der Waals surface area contributed by atoms with Crippen LogP contribution in [0.5, 0.6) is 0 Å². The molecule has 8 heteroatoms. The molecule has 0 bridgehead atoms. The van der Waals surface area contributed by atoms with Gasteiger partial charge in [-0.25, -0.2) is 4.79 Å². The molecule has 2 heterocycles. The van der Waals surface area contributed by atoms with Gasteiger partial charge in [0.1, 0.15) is 5.60 Å². The molecule has 0 aromatic carbocycles. The minimum atomic E-state index is -0.450. The molecular formula is C22H43IN4O3. The van der Waals surface area contributed by atoms with E-state index in [1.54, 1.807) is 0 Å². The van der Waals surface area contributed by atoms with E-state index in [0.717, 1.165) is 64.6 Å². The molecule has 2 saturated heterocycles. The Labute approximate surface area is 200 Å². The number of halogens is 1. The summed E-state index contributed by atoms with van der Waals surface area (Å²) in [6, 6.07) is 0. The maximum Gasteiger partial charge on any atom is 0.410 e. The van der Waals surface area contributed by atoms with Gasteiger partial charge in [-0.2, -0.15) is 0 Å². The van der Waals surface area contributed by atoms with Crippen molar-refractivity contribution in [3.8, 4) is 0 Å². The number of ether oxygens (including phenoxy) is 2. The highest BCUT2D eigenvalue weighted by Crippen LogP contribution is 2.20. The predicted octanol–water partition coefficient (Wildman–Crippen LogP) is 4.11. The number of hydrogen-bond acceptors (Lipinski definition) is 4. The van der Waals surface area contributed by atoms with Gasteiger partial charge in [0.2, 0.25) is 0 Å². The Kier molecular flexibility index (Phi) is 12.4. The molecule has 1 unspecified atom stereocenters. The highest BCUT2D eigenvalue weighted by Gasteiger charge is 2.27. The van der Waals surface area contributed by atoms with Crippen LogP contribution in [0.25, 0.3) is 0 Å². The van der Waals surface area contributed by atoms with Gasteiger partial charge in [-0.05, 0) is 72.6 Å². The minimum absolute atomic E-state index is 0. The standard InChI is InChI=1S/C22H42N4O3.HI/c1-6-23-20(24-13-10-19-9-8-16-28-19)26-14-11-18(12-15-26)17-25(7-2)21(27)29-22(3,4)5;/h18-19H,6-17H2,1-5H3,(H,23,24);1H. The number of piperidine rings is 1. The SMILES string of the molecule is CCNC(=NCCC1CCCO1)N1CCC(CN(CC)C(=O)OC(C)(C)C)CC1.I. The van der Waals surface area contributed by atoms with Gasteiger partial charge >= 0.3 is 6.09 Å². The van der Waals surface area contributed by atoms with Crippen LogP contribution in [-0.2, 0) is 9.47 Å². The fraction of sp³-hybridized carbons (Fsp3) is 0.909. The normalized spacial score (nSPS) is 20.6. The van der Waals surface area contributed by atoms with E-state index in [-0.39, 0.29) is 30.1 Å². The van der Waals surface area contributed by atoms with Crippen LogP contribution in [0.3, 0.4) is 0 Å². The largest absolute Gasteiger partial charge is 0.444 e. The highest BCUT2D eigenvalue weighted by molar-refractivity contribution is 14.0. The van der Waals surface area contributed by atoms with Gasteiger partial charge in [-0.15, -0.1) is 24.0 Å². The smallest absolute Gasteiger partial charge is 0.410 e. The Morgan fingerprint density at radius 1 is 1.23 bits per heavy atom. The maximum atomic E-state index is 12.4. The molecule has 0 radical (unpaired) electrons. The molecule has 2 aliphatic heterocycles. The summed E-state index contributed by atoms with van der Waals surface area (Å²) >= 11 is 0. The first-order valence-corrected chi connectivity index (χ1v) is 11.4. The average Bonchev–Trinajstić information content (AvgIpc) is 3.18. The summed E-state index contributed by atoms with van der Waals surface area (Å²) < 4.78 is 11.3. The van der Waals surface area contributed by atoms with Crippen LogP contribution in [0.15, 0.2) is 4.99 Å². The van der Waals surface area contributed by atoms with E-state index in [2.05, 4.69) is 17.1 Å². The second-order valence-electron chi connectivity index (χ2n) is 9.11. The first-order valence-electron chi connectivity index (χ1n) is 11.4. The van der Waals surface area contributed by atoms with Crippen molar-refractivity contribution in [3.05, 3.63) is 0 Å². The quantitative estimate of drug-likeness (QED) is 0.300. The molecule has 0 aromatic rings. The van der Waals surface area contributed by atoms with Crippen LogP contribution in [0.4, 0.5) is 4.79 Å². The molecule has 1 atom stereocenters. The Hall–Kier alpha value is -0.770. The average molecular weight is 539 g/mol. The van der Waals surface area contributed by atoms with Gasteiger partial charge in [0, 0.05) is 45.9 Å². The third-order valence-electron chi connectivity index (χ3n) is 5.50. The zero-order valence-electron chi connectivity index (χ0n) is 19.6. The molecule has 176 valence electrons. The Morgan fingerprint density at radius 3 is 2.47 bits per heavy atom. The molecule has 0 spiro atoms. The first kappa shape index (κ1) is 27.3. The van der Waals surface area contributed by atoms with E-state index in [1.165, 1.54) is 12.8 Å². The second-order valence-corrected chi connectivity index (χ2v) is 9.11. The lowest BCUT2D eigenvalue weighted by Gasteiger charge is -2.36. The third kappa shape index (κ3) is 9.58. The van der Waals surface area contributed by atoms with E-state index >= 15 is 0 Å². The van der Waals surface area contributed by atoms with Crippen molar-refractivity contribution in [1.29, 1.82) is 0 Å². The van der Waals surface area contributed by atoms with Crippen molar-refractivity contribution >= 4 is 36.0 Å². The van der Waals surface area contributed by atoms with Crippen molar-refractivity contribution in [3.63, 3.8) is 0 Å². The molecule has 0 aliphatic carbocycles. The van der Waals surface area contributed by atoms with Gasteiger partial charge in [0.15, 0.2) is 5.96 Å². The molecule has 30 heavy (non-hydrogen) atoms. The summed E-state index contributed by atoms with van der Waals surface area (Å²) in [5.41, 5.74) is -0.450. The third-order valence-corrected chi connectivity index (χ3v) is 5.50. The molecule has 0 saturated carbocycles. The Balaban J connectivity index is 0.00000450. The molecule has 7 nitrogen and oxygen atoms in total. The van der Waals surface area contributed by atoms with Crippen LogP contribution in [0, 0.1) is 5.92 Å². The number of rotatable bonds is 7. The number of carbonyl (C=O) groups excluding carboxylic acids is 1. The Morgan fingerprint density at radius 2 is 1.93 bits per heavy atom. The lowest BCUT2D eigenvalue weighted by atomic mass is 9.96. The number of likely N-dealkylation sites (tertiary alicyclic amines) is 1. The summed E-state index contributed by atoms with van der Waals surface area (Å²) in [6.45, 7) is 15.9. The second kappa shape index (κ2) is 13.6. The lowest BCUT2D eigenvalue weighted by molar-refractivity contribution is 0.0214. The zero-order chi connectivity index (χ0) is 21.3. The number of amides is 1. The van der Waals surface area contributed by atoms with Crippen molar-refractivity contribution in [1.82, 2.24) is 15.1 Å². The molecule has 1 N–H and O–H groups in total. The van der Waals surface area contributed by atoms with Gasteiger partial charge in [0.05, 0.1) is 6.10 Å². The van der Waals surface area contributed by atoms with Crippen LogP contribution >= 0.6 is 24.0 Å². The number of aliphatic imine (C=N–C) groups is 1. The number of nitrogens with one attached hydrogen (secondary N) is 1. The van der Waals surface area contributed by atoms with Crippen molar-refractivity contribution in [2.45, 2.75) is 78.4 Å². The van der Waals surface area contributed by atoms with Crippen molar-refractivity contribution in [2.24, 2.45) is 10.9 Å². The molecule has 2 fully saturated rings. The van der Waals surface area contributed by atoms with Gasteiger partial charge in [0.25, 0.3) is 0 Å². The van der Waals surface area contributed by atoms with E-state index in [9.17, 15) is 4.79 Å². The summed E-state index contributed by atoms with van der Waals surface area (Å²) in [7, 11) is 0. The van der Waals surface area contributed by atoms with Crippen LogP contribution in [-0.4, -0.2) is 79.4 Å². The predicted molar refractivity (Wildman–Crippen MR) is 133 cm³/mol. The fourth-order valence-electron chi connectivity index (χ4n) is 3.91. The molecular weight excluding hydrogens is 495 g/mol. The van der Waals surface area contributed by atoms with Gasteiger partial charge < -0.3 is 24.6 Å². The molecule has 2 rings (SSSR count). The maximum absolute atomic E-state index is 12.4. The van der Waals surface area contributed by atoms with Crippen LogP contribution < -0.4 is 5.32 Å². The van der Waals surface area contributed by atoms with E-state index < -0.39 is 5.60 Å². The topological polar surface area (TPSA) is 66.4 Å². The van der Waals surface area contributed by atoms with Gasteiger partial charge in [-0.3, -0.25) is 4.99 Å². The number of carbonyl (C=O) groups is 1. The molecule has 1 amide bonds. The fourth-order valence-corrected chi connectivity index (χ4v) is 3.91. The Bertz CT molecular complexity index is 525. The number of guanidine groups is 1. The van der Waals surface area contributed by atoms with E-state index in [0.29, 0.717) is 18.6 Å². The summed E-state index contributed by atoms with van der Waals surface area (Å²) in [5.74, 6) is 1.52. The number of hydrogen-bond donors (Lipinski definition) is 1. The van der Waals surface area contributed by atoms with E-state index in [1.807, 2.05) is 32.6 Å². The van der Waals surface area contributed by atoms with E-state index in [4.69, 9.17) is 14.5 Å². The summed E-state index contributed by atoms with van der Waals surface area (Å²) in [4.78, 5) is 21.4. The van der Waals surface area contributed by atoms with Crippen LogP contribution in [0.1, 0.15) is 66.7 Å². The highest BCUT2D eigenvalue weighted by atomic mass is 127. The van der Waals surface area contributed by atoms with Crippen LogP contribution in [0.2, 0.25) is 0 Å². The zero-order valence-corrected chi connectivity index (χ0v) is 21.9. The monoisotopic (exact) mass is 538 g/mol. The summed E-state index contributed by atoms with van der Waals surface area (Å²) in [6.07, 6.45) is 5.67. The molecule has 0 aromatic heterocycles. The number of nitrogens with zero attached hydrogens (tertiary/aromatic N) is 3. The minimum Gasteiger partial charge on any atom is -0.444 e. The van der Waals surface area contributed by atoms with Crippen molar-refractivity contribution < 1.29 is 14.3 Å². The van der Waals surface area contributed by atoms with Gasteiger partial charge in [-0.1, -0.05) is 0 Å². The summed E-state index contributed by atoms with van der Waals surface area (Å²) in [5, 5.41) is 3.44. The first-order chi connectivity index (χ1) is 13.8.